The summed E-state index contributed by atoms with van der Waals surface area (Å²) in [4.78, 5) is 9.53. The minimum atomic E-state index is 0.447. The summed E-state index contributed by atoms with van der Waals surface area (Å²) in [6, 6.07) is 23.9. The van der Waals surface area contributed by atoms with E-state index in [-0.39, 0.29) is 0 Å². The molecule has 1 aromatic heterocycles. The second-order valence-corrected chi connectivity index (χ2v) is 8.43. The molecule has 0 unspecified atom stereocenters. The highest BCUT2D eigenvalue weighted by Crippen LogP contribution is 2.32. The van der Waals surface area contributed by atoms with Crippen LogP contribution in [0.25, 0.3) is 10.9 Å². The molecule has 0 amide bonds. The zero-order chi connectivity index (χ0) is 21.8. The number of halogens is 1. The van der Waals surface area contributed by atoms with Gasteiger partial charge in [-0.1, -0.05) is 60.8 Å². The van der Waals surface area contributed by atoms with E-state index in [1.165, 1.54) is 25.7 Å². The molecule has 5 rings (SSSR count). The fraction of sp³-hybridized carbons (Fsp3) is 0.231. The Labute approximate surface area is 192 Å². The van der Waals surface area contributed by atoms with Gasteiger partial charge in [-0.05, 0) is 49.2 Å². The van der Waals surface area contributed by atoms with E-state index in [9.17, 15) is 0 Å². The fourth-order valence-corrected chi connectivity index (χ4v) is 4.35. The topological polar surface area (TPSA) is 59.1 Å². The van der Waals surface area contributed by atoms with E-state index in [1.807, 2.05) is 66.7 Å². The number of fused-ring (bicyclic) bond motifs is 1. The van der Waals surface area contributed by atoms with Crippen molar-refractivity contribution in [2.45, 2.75) is 38.3 Å². The first-order valence-electron chi connectivity index (χ1n) is 11.0. The predicted molar refractivity (Wildman–Crippen MR) is 131 cm³/mol. The zero-order valence-electron chi connectivity index (χ0n) is 17.7. The summed E-state index contributed by atoms with van der Waals surface area (Å²) in [6.07, 6.45) is 4.90. The molecule has 0 radical (unpaired) electrons. The van der Waals surface area contributed by atoms with E-state index in [1.54, 1.807) is 0 Å². The number of aromatic nitrogens is 2. The normalized spacial score (nSPS) is 13.9. The number of rotatable bonds is 7. The Bertz CT molecular complexity index is 1210. The van der Waals surface area contributed by atoms with Gasteiger partial charge in [0.2, 0.25) is 5.95 Å². The second-order valence-electron chi connectivity index (χ2n) is 8.02. The van der Waals surface area contributed by atoms with Crippen LogP contribution in [0.1, 0.15) is 31.2 Å². The SMILES string of the molecule is Clc1cccc(Oc2ccccc2)c1CNc1nc(NC2CCCC2)c2ccccc2n1. The van der Waals surface area contributed by atoms with Crippen LogP contribution in [0.3, 0.4) is 0 Å². The van der Waals surface area contributed by atoms with Gasteiger partial charge in [0.1, 0.15) is 17.3 Å². The number of anilines is 2. The molecule has 0 bridgehead atoms. The molecule has 32 heavy (non-hydrogen) atoms. The highest BCUT2D eigenvalue weighted by molar-refractivity contribution is 6.31. The Balaban J connectivity index is 1.41. The van der Waals surface area contributed by atoms with E-state index in [0.29, 0.717) is 29.3 Å². The molecule has 2 N–H and O–H groups in total. The molecular formula is C26H25ClN4O. The Hall–Kier alpha value is -3.31. The maximum Gasteiger partial charge on any atom is 0.225 e. The lowest BCUT2D eigenvalue weighted by Crippen LogP contribution is -2.17. The van der Waals surface area contributed by atoms with Crippen molar-refractivity contribution in [3.63, 3.8) is 0 Å². The van der Waals surface area contributed by atoms with Crippen LogP contribution < -0.4 is 15.4 Å². The van der Waals surface area contributed by atoms with Gasteiger partial charge < -0.3 is 15.4 Å². The standard InChI is InChI=1S/C26H25ClN4O/c27-22-14-8-16-24(32-19-11-2-1-3-12-19)21(22)17-28-26-30-23-15-7-6-13-20(23)25(31-26)29-18-9-4-5-10-18/h1-3,6-8,11-16,18H,4-5,9-10,17H2,(H2,28,29,30,31). The first-order valence-corrected chi connectivity index (χ1v) is 11.4. The average molecular weight is 445 g/mol. The van der Waals surface area contributed by atoms with Crippen LogP contribution in [0.15, 0.2) is 72.8 Å². The van der Waals surface area contributed by atoms with Crippen molar-refractivity contribution in [1.82, 2.24) is 9.97 Å². The molecule has 1 saturated carbocycles. The van der Waals surface area contributed by atoms with E-state index in [2.05, 4.69) is 16.7 Å². The average Bonchev–Trinajstić information content (AvgIpc) is 3.33. The lowest BCUT2D eigenvalue weighted by atomic mass is 10.2. The third kappa shape index (κ3) is 4.63. The van der Waals surface area contributed by atoms with Gasteiger partial charge in [0.05, 0.1) is 5.52 Å². The minimum Gasteiger partial charge on any atom is -0.457 e. The molecule has 1 aliphatic rings. The van der Waals surface area contributed by atoms with E-state index >= 15 is 0 Å². The molecule has 1 aliphatic carbocycles. The van der Waals surface area contributed by atoms with Crippen molar-refractivity contribution in [3.05, 3.63) is 83.4 Å². The van der Waals surface area contributed by atoms with Gasteiger partial charge in [-0.3, -0.25) is 0 Å². The zero-order valence-corrected chi connectivity index (χ0v) is 18.5. The summed E-state index contributed by atoms with van der Waals surface area (Å²) in [6.45, 7) is 0.447. The van der Waals surface area contributed by atoms with Gasteiger partial charge in [-0.25, -0.2) is 4.98 Å². The smallest absolute Gasteiger partial charge is 0.225 e. The second kappa shape index (κ2) is 9.45. The number of hydrogen-bond acceptors (Lipinski definition) is 5. The van der Waals surface area contributed by atoms with Gasteiger partial charge in [0, 0.05) is 28.6 Å². The monoisotopic (exact) mass is 444 g/mol. The lowest BCUT2D eigenvalue weighted by molar-refractivity contribution is 0.477. The first-order chi connectivity index (χ1) is 15.8. The number of hydrogen-bond donors (Lipinski definition) is 2. The van der Waals surface area contributed by atoms with Crippen molar-refractivity contribution in [3.8, 4) is 11.5 Å². The van der Waals surface area contributed by atoms with Crippen molar-refractivity contribution in [2.24, 2.45) is 0 Å². The minimum absolute atomic E-state index is 0.447. The van der Waals surface area contributed by atoms with Crippen molar-refractivity contribution in [1.29, 1.82) is 0 Å². The predicted octanol–water partition coefficient (Wildman–Crippen LogP) is 7.04. The van der Waals surface area contributed by atoms with Gasteiger partial charge in [0.15, 0.2) is 0 Å². The summed E-state index contributed by atoms with van der Waals surface area (Å²) >= 11 is 6.53. The summed E-state index contributed by atoms with van der Waals surface area (Å²) in [7, 11) is 0. The van der Waals surface area contributed by atoms with Crippen LogP contribution in [-0.2, 0) is 6.54 Å². The maximum absolute atomic E-state index is 6.53. The Morgan fingerprint density at radius 2 is 1.66 bits per heavy atom. The Kier molecular flexibility index (Phi) is 6.08. The number of nitrogens with zero attached hydrogens (tertiary/aromatic N) is 2. The fourth-order valence-electron chi connectivity index (χ4n) is 4.12. The molecule has 4 aromatic rings. The summed E-state index contributed by atoms with van der Waals surface area (Å²) in [5.74, 6) is 2.92. The molecule has 1 heterocycles. The Morgan fingerprint density at radius 3 is 2.50 bits per heavy atom. The number of ether oxygens (including phenoxy) is 1. The first kappa shape index (κ1) is 20.6. The maximum atomic E-state index is 6.53. The van der Waals surface area contributed by atoms with Crippen molar-refractivity contribution < 1.29 is 4.74 Å². The quantitative estimate of drug-likeness (QED) is 0.320. The van der Waals surface area contributed by atoms with E-state index in [0.717, 1.165) is 28.0 Å². The van der Waals surface area contributed by atoms with Gasteiger partial charge in [-0.2, -0.15) is 4.98 Å². The largest absolute Gasteiger partial charge is 0.457 e. The van der Waals surface area contributed by atoms with Crippen LogP contribution in [0, 0.1) is 0 Å². The molecule has 162 valence electrons. The van der Waals surface area contributed by atoms with E-state index < -0.39 is 0 Å². The third-order valence-corrected chi connectivity index (χ3v) is 6.12. The number of para-hydroxylation sites is 2. The molecule has 3 aromatic carbocycles. The van der Waals surface area contributed by atoms with Gasteiger partial charge >= 0.3 is 0 Å². The number of benzene rings is 3. The third-order valence-electron chi connectivity index (χ3n) is 5.77. The summed E-state index contributed by atoms with van der Waals surface area (Å²) < 4.78 is 6.08. The summed E-state index contributed by atoms with van der Waals surface area (Å²) in [5, 5.41) is 8.67. The van der Waals surface area contributed by atoms with Crippen LogP contribution >= 0.6 is 11.6 Å². The van der Waals surface area contributed by atoms with E-state index in [4.69, 9.17) is 26.3 Å². The Morgan fingerprint density at radius 1 is 0.875 bits per heavy atom. The highest BCUT2D eigenvalue weighted by atomic mass is 35.5. The highest BCUT2D eigenvalue weighted by Gasteiger charge is 2.17. The molecule has 0 spiro atoms. The van der Waals surface area contributed by atoms with Crippen molar-refractivity contribution >= 4 is 34.3 Å². The molecule has 6 heteroatoms. The van der Waals surface area contributed by atoms with Crippen LogP contribution in [0.2, 0.25) is 5.02 Å². The molecular weight excluding hydrogens is 420 g/mol. The molecule has 1 fully saturated rings. The van der Waals surface area contributed by atoms with Gasteiger partial charge in [-0.15, -0.1) is 0 Å². The van der Waals surface area contributed by atoms with Gasteiger partial charge in [0.25, 0.3) is 0 Å². The molecule has 5 nitrogen and oxygen atoms in total. The van der Waals surface area contributed by atoms with Crippen LogP contribution in [0.5, 0.6) is 11.5 Å². The molecule has 0 aliphatic heterocycles. The van der Waals surface area contributed by atoms with Crippen molar-refractivity contribution in [2.75, 3.05) is 10.6 Å². The van der Waals surface area contributed by atoms with Crippen LogP contribution in [0.4, 0.5) is 11.8 Å². The molecule has 0 atom stereocenters. The lowest BCUT2D eigenvalue weighted by Gasteiger charge is -2.17. The van der Waals surface area contributed by atoms with Crippen LogP contribution in [-0.4, -0.2) is 16.0 Å². The summed E-state index contributed by atoms with van der Waals surface area (Å²) in [5.41, 5.74) is 1.77. The molecule has 0 saturated heterocycles. The number of nitrogens with one attached hydrogen (secondary N) is 2.